The number of hydrogen-bond acceptors (Lipinski definition) is 6. The second-order valence-corrected chi connectivity index (χ2v) is 17.0. The summed E-state index contributed by atoms with van der Waals surface area (Å²) in [6, 6.07) is 0. The van der Waals surface area contributed by atoms with E-state index in [2.05, 4.69) is 112 Å². The maximum Gasteiger partial charge on any atom is 0.306 e. The third-order valence-corrected chi connectivity index (χ3v) is 10.8. The van der Waals surface area contributed by atoms with Crippen LogP contribution in [0, 0.1) is 0 Å². The third-order valence-electron chi connectivity index (χ3n) is 10.8. The van der Waals surface area contributed by atoms with Crippen LogP contribution in [0.15, 0.2) is 97.2 Å². The Morgan fingerprint density at radius 1 is 0.328 bits per heavy atom. The number of carbonyl (C=O) groups is 3. The smallest absolute Gasteiger partial charge is 0.306 e. The molecule has 0 aromatic rings. The van der Waals surface area contributed by atoms with Gasteiger partial charge in [-0.15, -0.1) is 0 Å². The van der Waals surface area contributed by atoms with Crippen molar-refractivity contribution in [3.05, 3.63) is 97.2 Å². The minimum atomic E-state index is -0.813. The average Bonchev–Trinajstić information content (AvgIpc) is 3.29. The van der Waals surface area contributed by atoms with Gasteiger partial charge in [0.1, 0.15) is 13.2 Å². The zero-order valence-corrected chi connectivity index (χ0v) is 41.5. The van der Waals surface area contributed by atoms with Crippen molar-refractivity contribution in [1.29, 1.82) is 0 Å². The van der Waals surface area contributed by atoms with E-state index in [1.165, 1.54) is 89.9 Å². The molecule has 1 atom stereocenters. The molecule has 1 unspecified atom stereocenters. The largest absolute Gasteiger partial charge is 0.462 e. The first-order chi connectivity index (χ1) is 31.5. The second-order valence-electron chi connectivity index (χ2n) is 17.0. The van der Waals surface area contributed by atoms with Gasteiger partial charge in [0, 0.05) is 19.3 Å². The first kappa shape index (κ1) is 60.3. The first-order valence-electron chi connectivity index (χ1n) is 26.2. The molecule has 0 rings (SSSR count). The fraction of sp³-hybridized carbons (Fsp3) is 0.672. The summed E-state index contributed by atoms with van der Waals surface area (Å²) in [5.74, 6) is -1.01. The Morgan fingerprint density at radius 3 is 1.11 bits per heavy atom. The standard InChI is InChI=1S/C58H96O6/c1-4-7-10-13-16-19-22-24-26-28-29-31-32-34-36-39-42-45-48-51-57(60)63-54-55(53-62-56(59)50-47-44-41-38-21-18-15-12-9-6-3)64-58(61)52-49-46-43-40-37-35-33-30-27-25-23-20-17-14-11-8-5-2/h7,10,12,15-16,19,24-27,29,31,34,36,42,45,55H,4-6,8-9,11,13-14,17-18,20-23,28,30,32-33,35,37-41,43-44,46-54H2,1-3H3/b10-7-,15-12-,19-16-,26-24-,27-25-,31-29-,36-34-,45-42-. The van der Waals surface area contributed by atoms with E-state index in [9.17, 15) is 14.4 Å². The van der Waals surface area contributed by atoms with Crippen LogP contribution in [0.4, 0.5) is 0 Å². The number of esters is 3. The zero-order chi connectivity index (χ0) is 46.5. The summed E-state index contributed by atoms with van der Waals surface area (Å²) < 4.78 is 16.7. The van der Waals surface area contributed by atoms with Gasteiger partial charge in [-0.25, -0.2) is 0 Å². The molecule has 0 aromatic heterocycles. The lowest BCUT2D eigenvalue weighted by molar-refractivity contribution is -0.166. The fourth-order valence-electron chi connectivity index (χ4n) is 6.88. The van der Waals surface area contributed by atoms with Gasteiger partial charge in [-0.05, 0) is 103 Å². The Morgan fingerprint density at radius 2 is 0.672 bits per heavy atom. The molecule has 0 saturated carbocycles. The van der Waals surface area contributed by atoms with Crippen LogP contribution in [0.2, 0.25) is 0 Å². The van der Waals surface area contributed by atoms with Gasteiger partial charge in [-0.2, -0.15) is 0 Å². The molecule has 6 nitrogen and oxygen atoms in total. The molecular formula is C58H96O6. The minimum absolute atomic E-state index is 0.108. The monoisotopic (exact) mass is 889 g/mol. The summed E-state index contributed by atoms with van der Waals surface area (Å²) in [6.07, 6.45) is 68.4. The lowest BCUT2D eigenvalue weighted by Crippen LogP contribution is -2.30. The fourth-order valence-corrected chi connectivity index (χ4v) is 6.88. The predicted molar refractivity (Wildman–Crippen MR) is 274 cm³/mol. The van der Waals surface area contributed by atoms with Crippen LogP contribution in [0.5, 0.6) is 0 Å². The van der Waals surface area contributed by atoms with Crippen LogP contribution in [0.25, 0.3) is 0 Å². The number of rotatable bonds is 46. The van der Waals surface area contributed by atoms with Crippen LogP contribution in [-0.2, 0) is 28.6 Å². The average molecular weight is 889 g/mol. The lowest BCUT2D eigenvalue weighted by Gasteiger charge is -2.18. The third kappa shape index (κ3) is 49.3. The van der Waals surface area contributed by atoms with E-state index < -0.39 is 6.10 Å². The number of allylic oxidation sites excluding steroid dienone is 16. The summed E-state index contributed by atoms with van der Waals surface area (Å²) in [4.78, 5) is 37.9. The van der Waals surface area contributed by atoms with Crippen molar-refractivity contribution in [3.8, 4) is 0 Å². The van der Waals surface area contributed by atoms with Crippen LogP contribution < -0.4 is 0 Å². The first-order valence-corrected chi connectivity index (χ1v) is 26.2. The van der Waals surface area contributed by atoms with E-state index in [4.69, 9.17) is 14.2 Å². The molecule has 0 radical (unpaired) electrons. The van der Waals surface area contributed by atoms with Gasteiger partial charge >= 0.3 is 17.9 Å². The van der Waals surface area contributed by atoms with Crippen LogP contribution in [0.3, 0.4) is 0 Å². The van der Waals surface area contributed by atoms with Gasteiger partial charge in [-0.3, -0.25) is 14.4 Å². The topological polar surface area (TPSA) is 78.9 Å². The Hall–Kier alpha value is -3.67. The predicted octanol–water partition coefficient (Wildman–Crippen LogP) is 17.4. The molecular weight excluding hydrogens is 793 g/mol. The lowest BCUT2D eigenvalue weighted by atomic mass is 10.1. The molecule has 64 heavy (non-hydrogen) atoms. The van der Waals surface area contributed by atoms with Crippen LogP contribution in [0.1, 0.15) is 233 Å². The van der Waals surface area contributed by atoms with E-state index in [0.29, 0.717) is 19.3 Å². The van der Waals surface area contributed by atoms with Gasteiger partial charge in [0.25, 0.3) is 0 Å². The summed E-state index contributed by atoms with van der Waals surface area (Å²) >= 11 is 0. The van der Waals surface area contributed by atoms with E-state index in [0.717, 1.165) is 96.3 Å². The van der Waals surface area contributed by atoms with Crippen molar-refractivity contribution >= 4 is 17.9 Å². The quantitative estimate of drug-likeness (QED) is 0.0262. The molecule has 6 heteroatoms. The summed E-state index contributed by atoms with van der Waals surface area (Å²) in [6.45, 7) is 6.37. The van der Waals surface area contributed by atoms with Crippen molar-refractivity contribution in [2.75, 3.05) is 13.2 Å². The Bertz CT molecular complexity index is 1300. The molecule has 0 spiro atoms. The van der Waals surface area contributed by atoms with Crippen LogP contribution >= 0.6 is 0 Å². The molecule has 364 valence electrons. The molecule has 0 aliphatic heterocycles. The summed E-state index contributed by atoms with van der Waals surface area (Å²) in [7, 11) is 0. The maximum atomic E-state index is 12.8. The number of hydrogen-bond donors (Lipinski definition) is 0. The highest BCUT2D eigenvalue weighted by Gasteiger charge is 2.19. The molecule has 0 saturated heterocycles. The van der Waals surface area contributed by atoms with Crippen molar-refractivity contribution < 1.29 is 28.6 Å². The molecule has 0 N–H and O–H groups in total. The summed E-state index contributed by atoms with van der Waals surface area (Å²) in [5.41, 5.74) is 0. The Kier molecular flexibility index (Phi) is 49.0. The normalized spacial score (nSPS) is 12.9. The van der Waals surface area contributed by atoms with Gasteiger partial charge < -0.3 is 14.2 Å². The molecule has 0 aromatic carbocycles. The van der Waals surface area contributed by atoms with Crippen molar-refractivity contribution in [2.45, 2.75) is 239 Å². The van der Waals surface area contributed by atoms with Gasteiger partial charge in [0.15, 0.2) is 6.10 Å². The van der Waals surface area contributed by atoms with Gasteiger partial charge in [0.05, 0.1) is 0 Å². The Labute approximate surface area is 394 Å². The number of unbranched alkanes of at least 4 members (excludes halogenated alkanes) is 19. The van der Waals surface area contributed by atoms with Crippen molar-refractivity contribution in [1.82, 2.24) is 0 Å². The molecule has 0 bridgehead atoms. The molecule has 0 aliphatic carbocycles. The Balaban J connectivity index is 4.48. The molecule has 0 heterocycles. The highest BCUT2D eigenvalue weighted by Crippen LogP contribution is 2.13. The molecule has 0 fully saturated rings. The van der Waals surface area contributed by atoms with E-state index in [-0.39, 0.29) is 37.5 Å². The van der Waals surface area contributed by atoms with E-state index in [1.54, 1.807) is 0 Å². The van der Waals surface area contributed by atoms with E-state index >= 15 is 0 Å². The van der Waals surface area contributed by atoms with Crippen LogP contribution in [-0.4, -0.2) is 37.2 Å². The van der Waals surface area contributed by atoms with Crippen molar-refractivity contribution in [2.24, 2.45) is 0 Å². The maximum absolute atomic E-state index is 12.8. The second kappa shape index (κ2) is 52.0. The zero-order valence-electron chi connectivity index (χ0n) is 41.5. The number of ether oxygens (including phenoxy) is 3. The highest BCUT2D eigenvalue weighted by molar-refractivity contribution is 5.71. The van der Waals surface area contributed by atoms with E-state index in [1.807, 2.05) is 6.08 Å². The molecule has 0 amide bonds. The van der Waals surface area contributed by atoms with Gasteiger partial charge in [-0.1, -0.05) is 208 Å². The minimum Gasteiger partial charge on any atom is -0.462 e. The summed E-state index contributed by atoms with van der Waals surface area (Å²) in [5, 5.41) is 0. The number of carbonyl (C=O) groups excluding carboxylic acids is 3. The highest BCUT2D eigenvalue weighted by atomic mass is 16.6. The molecule has 0 aliphatic rings. The van der Waals surface area contributed by atoms with Crippen molar-refractivity contribution in [3.63, 3.8) is 0 Å². The SMILES string of the molecule is CC/C=C\C/C=C\C/C=C\C/C=C\C/C=C\C/C=C\CCC(=O)OCC(COC(=O)CCCCCCC/C=C\CCC)OC(=O)CCCCCCCCC/C=C\CCCCCCCC. The van der Waals surface area contributed by atoms with Gasteiger partial charge in [0.2, 0.25) is 0 Å².